The Balaban J connectivity index is 1.77. The minimum absolute atomic E-state index is 0.418. The van der Waals surface area contributed by atoms with E-state index in [4.69, 9.17) is 9.78 Å². The van der Waals surface area contributed by atoms with Gasteiger partial charge in [-0.2, -0.15) is 10.2 Å². The van der Waals surface area contributed by atoms with Crippen molar-refractivity contribution >= 4 is 0 Å². The Hall–Kier alpha value is -2.09. The molecular formula is C16H20N4O. The van der Waals surface area contributed by atoms with Gasteiger partial charge in [0.15, 0.2) is 5.82 Å². The van der Waals surface area contributed by atoms with Gasteiger partial charge in [0.25, 0.3) is 5.89 Å². The molecule has 5 nitrogen and oxygen atoms in total. The molecule has 0 spiro atoms. The molecular weight excluding hydrogens is 264 g/mol. The fourth-order valence-electron chi connectivity index (χ4n) is 3.17. The molecule has 2 aromatic rings. The van der Waals surface area contributed by atoms with Crippen LogP contribution in [-0.2, 0) is 7.05 Å². The maximum absolute atomic E-state index is 8.95. The van der Waals surface area contributed by atoms with Gasteiger partial charge in [-0.05, 0) is 37.7 Å². The molecule has 0 saturated heterocycles. The van der Waals surface area contributed by atoms with Gasteiger partial charge in [-0.3, -0.25) is 0 Å². The zero-order valence-corrected chi connectivity index (χ0v) is 12.5. The van der Waals surface area contributed by atoms with E-state index in [1.165, 1.54) is 19.3 Å². The average molecular weight is 284 g/mol. The van der Waals surface area contributed by atoms with Crippen LogP contribution in [0.15, 0.2) is 16.8 Å². The van der Waals surface area contributed by atoms with Crippen molar-refractivity contribution in [2.45, 2.75) is 44.9 Å². The Labute approximate surface area is 124 Å². The third-order valence-electron chi connectivity index (χ3n) is 4.58. The number of nitriles is 1. The topological polar surface area (TPSA) is 67.6 Å². The summed E-state index contributed by atoms with van der Waals surface area (Å²) in [6.45, 7) is 2.26. The number of nitrogens with zero attached hydrogens (tertiary/aromatic N) is 4. The predicted molar refractivity (Wildman–Crippen MR) is 78.4 cm³/mol. The highest BCUT2D eigenvalue weighted by Crippen LogP contribution is 2.36. The van der Waals surface area contributed by atoms with Gasteiger partial charge >= 0.3 is 0 Å². The van der Waals surface area contributed by atoms with Gasteiger partial charge in [-0.1, -0.05) is 18.5 Å². The van der Waals surface area contributed by atoms with Crippen LogP contribution in [-0.4, -0.2) is 14.7 Å². The third-order valence-corrected chi connectivity index (χ3v) is 4.58. The normalized spacial score (nSPS) is 22.1. The lowest BCUT2D eigenvalue weighted by Gasteiger charge is -2.25. The highest BCUT2D eigenvalue weighted by atomic mass is 16.5. The van der Waals surface area contributed by atoms with Crippen molar-refractivity contribution in [3.63, 3.8) is 0 Å². The molecule has 2 aromatic heterocycles. The van der Waals surface area contributed by atoms with Gasteiger partial charge in [0.2, 0.25) is 0 Å². The lowest BCUT2D eigenvalue weighted by atomic mass is 9.80. The van der Waals surface area contributed by atoms with E-state index in [0.29, 0.717) is 17.4 Å². The first-order valence-corrected chi connectivity index (χ1v) is 7.61. The van der Waals surface area contributed by atoms with E-state index < -0.39 is 0 Å². The van der Waals surface area contributed by atoms with Crippen molar-refractivity contribution < 1.29 is 4.52 Å². The minimum Gasteiger partial charge on any atom is -0.345 e. The first-order valence-electron chi connectivity index (χ1n) is 7.61. The molecule has 0 aliphatic heterocycles. The number of aromatic nitrogens is 3. The number of aryl methyl sites for hydroxylation is 1. The van der Waals surface area contributed by atoms with E-state index in [1.54, 1.807) is 12.3 Å². The van der Waals surface area contributed by atoms with Crippen LogP contribution in [0.2, 0.25) is 0 Å². The van der Waals surface area contributed by atoms with Crippen molar-refractivity contribution in [3.05, 3.63) is 23.7 Å². The zero-order valence-electron chi connectivity index (χ0n) is 12.5. The summed E-state index contributed by atoms with van der Waals surface area (Å²) in [5.41, 5.74) is 1.41. The molecule has 0 aromatic carbocycles. The molecule has 3 rings (SSSR count). The van der Waals surface area contributed by atoms with Gasteiger partial charge in [0.05, 0.1) is 5.56 Å². The Bertz CT molecular complexity index is 656. The van der Waals surface area contributed by atoms with Crippen molar-refractivity contribution in [2.75, 3.05) is 0 Å². The van der Waals surface area contributed by atoms with Crippen LogP contribution < -0.4 is 0 Å². The highest BCUT2D eigenvalue weighted by molar-refractivity contribution is 5.52. The molecule has 0 atom stereocenters. The van der Waals surface area contributed by atoms with Crippen LogP contribution in [0, 0.1) is 17.2 Å². The van der Waals surface area contributed by atoms with Crippen LogP contribution in [0.5, 0.6) is 0 Å². The summed E-state index contributed by atoms with van der Waals surface area (Å²) in [6.07, 6.45) is 7.85. The Morgan fingerprint density at radius 1 is 1.38 bits per heavy atom. The lowest BCUT2D eigenvalue weighted by molar-refractivity contribution is 0.305. The molecule has 0 bridgehead atoms. The highest BCUT2D eigenvalue weighted by Gasteiger charge is 2.25. The monoisotopic (exact) mass is 284 g/mol. The molecule has 0 amide bonds. The molecule has 1 fully saturated rings. The summed E-state index contributed by atoms with van der Waals surface area (Å²) in [5.74, 6) is 2.60. The molecule has 110 valence electrons. The summed E-state index contributed by atoms with van der Waals surface area (Å²) >= 11 is 0. The summed E-state index contributed by atoms with van der Waals surface area (Å²) in [6, 6.07) is 3.91. The lowest BCUT2D eigenvalue weighted by Crippen LogP contribution is -2.13. The van der Waals surface area contributed by atoms with Gasteiger partial charge in [-0.25, -0.2) is 0 Å². The van der Waals surface area contributed by atoms with E-state index in [0.717, 1.165) is 30.3 Å². The molecule has 21 heavy (non-hydrogen) atoms. The molecule has 1 saturated carbocycles. The second-order valence-corrected chi connectivity index (χ2v) is 5.92. The molecule has 1 aliphatic rings. The first kappa shape index (κ1) is 13.9. The van der Waals surface area contributed by atoms with Crippen LogP contribution in [0.4, 0.5) is 0 Å². The summed E-state index contributed by atoms with van der Waals surface area (Å²) < 4.78 is 7.26. The second-order valence-electron chi connectivity index (χ2n) is 5.92. The zero-order chi connectivity index (χ0) is 14.8. The summed E-state index contributed by atoms with van der Waals surface area (Å²) in [4.78, 5) is 4.56. The Morgan fingerprint density at radius 2 is 2.14 bits per heavy atom. The van der Waals surface area contributed by atoms with Crippen LogP contribution in [0.3, 0.4) is 0 Å². The Kier molecular flexibility index (Phi) is 3.78. The Morgan fingerprint density at radius 3 is 2.76 bits per heavy atom. The van der Waals surface area contributed by atoms with E-state index in [9.17, 15) is 0 Å². The number of rotatable bonds is 3. The fraction of sp³-hybridized carbons (Fsp3) is 0.562. The van der Waals surface area contributed by atoms with Crippen LogP contribution >= 0.6 is 0 Å². The second kappa shape index (κ2) is 5.72. The number of hydrogen-bond donors (Lipinski definition) is 0. The summed E-state index contributed by atoms with van der Waals surface area (Å²) in [7, 11) is 1.88. The van der Waals surface area contributed by atoms with Crippen molar-refractivity contribution in [2.24, 2.45) is 13.0 Å². The van der Waals surface area contributed by atoms with Crippen molar-refractivity contribution in [1.82, 2.24) is 14.7 Å². The fourth-order valence-corrected chi connectivity index (χ4v) is 3.17. The summed E-state index contributed by atoms with van der Waals surface area (Å²) in [5, 5.41) is 13.1. The molecule has 0 radical (unpaired) electrons. The molecule has 0 unspecified atom stereocenters. The molecule has 1 aliphatic carbocycles. The first-order chi connectivity index (χ1) is 10.2. The third kappa shape index (κ3) is 2.71. The van der Waals surface area contributed by atoms with Gasteiger partial charge in [-0.15, -0.1) is 0 Å². The van der Waals surface area contributed by atoms with Gasteiger partial charge in [0.1, 0.15) is 11.8 Å². The van der Waals surface area contributed by atoms with Crippen molar-refractivity contribution in [1.29, 1.82) is 5.26 Å². The molecule has 5 heteroatoms. The van der Waals surface area contributed by atoms with Gasteiger partial charge in [0, 0.05) is 19.2 Å². The van der Waals surface area contributed by atoms with Crippen molar-refractivity contribution in [3.8, 4) is 17.7 Å². The SMILES string of the molecule is CCC1CCC(c2noc(-c3cc(C#N)cn3C)n2)CC1. The smallest absolute Gasteiger partial charge is 0.274 e. The number of hydrogen-bond acceptors (Lipinski definition) is 4. The van der Waals surface area contributed by atoms with Crippen LogP contribution in [0.25, 0.3) is 11.6 Å². The van der Waals surface area contributed by atoms with E-state index in [-0.39, 0.29) is 0 Å². The minimum atomic E-state index is 0.418. The van der Waals surface area contributed by atoms with E-state index in [1.807, 2.05) is 11.6 Å². The molecule has 0 N–H and O–H groups in total. The quantitative estimate of drug-likeness (QED) is 0.863. The standard InChI is InChI=1S/C16H20N4O/c1-3-11-4-6-13(7-5-11)15-18-16(21-19-15)14-8-12(9-17)10-20(14)2/h8,10-11,13H,3-7H2,1-2H3. The van der Waals surface area contributed by atoms with Gasteiger partial charge < -0.3 is 9.09 Å². The van der Waals surface area contributed by atoms with Crippen LogP contribution in [0.1, 0.15) is 56.3 Å². The van der Waals surface area contributed by atoms with E-state index in [2.05, 4.69) is 23.1 Å². The average Bonchev–Trinajstić information content (AvgIpc) is 3.13. The largest absolute Gasteiger partial charge is 0.345 e. The maximum atomic E-state index is 8.95. The molecule has 2 heterocycles. The predicted octanol–water partition coefficient (Wildman–Crippen LogP) is 3.63. The van der Waals surface area contributed by atoms with E-state index >= 15 is 0 Å². The maximum Gasteiger partial charge on any atom is 0.274 e.